The number of carbonyl (C=O) groups is 2. The zero-order valence-corrected chi connectivity index (χ0v) is 10.5. The summed E-state index contributed by atoms with van der Waals surface area (Å²) in [4.78, 5) is 22.0. The Morgan fingerprint density at radius 1 is 1.33 bits per heavy atom. The van der Waals surface area contributed by atoms with E-state index >= 15 is 0 Å². The van der Waals surface area contributed by atoms with Crippen LogP contribution >= 0.6 is 11.8 Å². The maximum atomic E-state index is 11.4. The predicted molar refractivity (Wildman–Crippen MR) is 63.3 cm³/mol. The number of ketones is 1. The van der Waals surface area contributed by atoms with Crippen molar-refractivity contribution in [3.8, 4) is 0 Å². The molecular formula is C11H20O3S. The number of thioether (sulfide) groups is 1. The first-order chi connectivity index (χ1) is 6.97. The molecule has 88 valence electrons. The molecule has 0 heterocycles. The Morgan fingerprint density at radius 2 is 1.93 bits per heavy atom. The average molecular weight is 232 g/mol. The lowest BCUT2D eigenvalue weighted by Gasteiger charge is -2.13. The molecule has 0 saturated heterocycles. The zero-order valence-electron chi connectivity index (χ0n) is 9.66. The average Bonchev–Trinajstić information content (AvgIpc) is 2.14. The maximum Gasteiger partial charge on any atom is 0.316 e. The first-order valence-electron chi connectivity index (χ1n) is 5.37. The number of unbranched alkanes of at least 4 members (excludes halogenated alkanes) is 1. The quantitative estimate of drug-likeness (QED) is 0.699. The van der Waals surface area contributed by atoms with Crippen molar-refractivity contribution in [1.82, 2.24) is 0 Å². The van der Waals surface area contributed by atoms with E-state index < -0.39 is 11.2 Å². The van der Waals surface area contributed by atoms with Gasteiger partial charge in [-0.05, 0) is 13.3 Å². The molecule has 0 rings (SSSR count). The van der Waals surface area contributed by atoms with Crippen molar-refractivity contribution < 1.29 is 14.7 Å². The highest BCUT2D eigenvalue weighted by molar-refractivity contribution is 8.01. The van der Waals surface area contributed by atoms with Gasteiger partial charge in [0, 0.05) is 18.1 Å². The smallest absolute Gasteiger partial charge is 0.316 e. The molecule has 0 aromatic rings. The molecule has 0 amide bonds. The molecule has 0 saturated carbocycles. The fourth-order valence-corrected chi connectivity index (χ4v) is 2.35. The van der Waals surface area contributed by atoms with E-state index in [1.165, 1.54) is 11.8 Å². The molecule has 4 heteroatoms. The first kappa shape index (κ1) is 14.5. The molecule has 15 heavy (non-hydrogen) atoms. The fourth-order valence-electron chi connectivity index (χ4n) is 1.25. The van der Waals surface area contributed by atoms with E-state index in [1.54, 1.807) is 6.92 Å². The van der Waals surface area contributed by atoms with Crippen molar-refractivity contribution in [1.29, 1.82) is 0 Å². The molecule has 0 aliphatic carbocycles. The maximum absolute atomic E-state index is 11.4. The number of hydrogen-bond donors (Lipinski definition) is 1. The predicted octanol–water partition coefficient (Wildman–Crippen LogP) is 2.73. The number of hydrogen-bond acceptors (Lipinski definition) is 3. The summed E-state index contributed by atoms with van der Waals surface area (Å²) in [5, 5.41) is 8.37. The van der Waals surface area contributed by atoms with Crippen molar-refractivity contribution >= 4 is 23.5 Å². The highest BCUT2D eigenvalue weighted by Crippen LogP contribution is 2.21. The Kier molecular flexibility index (Phi) is 7.48. The summed E-state index contributed by atoms with van der Waals surface area (Å²) < 4.78 is 0. The van der Waals surface area contributed by atoms with E-state index in [0.29, 0.717) is 12.8 Å². The Labute approximate surface area is 95.6 Å². The summed E-state index contributed by atoms with van der Waals surface area (Å²) >= 11 is 1.35. The number of rotatable bonds is 8. The van der Waals surface area contributed by atoms with E-state index in [-0.39, 0.29) is 11.0 Å². The van der Waals surface area contributed by atoms with Gasteiger partial charge in [-0.15, -0.1) is 11.8 Å². The number of carbonyl (C=O) groups excluding carboxylic acids is 1. The number of carboxylic acid groups (broad SMARTS) is 1. The standard InChI is InChI=1S/C11H20O3S/c1-4-5-6-10(12)7-8(2)15-9(3)11(13)14/h8-9H,4-7H2,1-3H3,(H,13,14). The van der Waals surface area contributed by atoms with Gasteiger partial charge < -0.3 is 5.11 Å². The molecule has 0 aromatic carbocycles. The van der Waals surface area contributed by atoms with Crippen LogP contribution in [0.2, 0.25) is 0 Å². The van der Waals surface area contributed by atoms with Gasteiger partial charge in [0.05, 0.1) is 5.25 Å². The van der Waals surface area contributed by atoms with Crippen LogP contribution in [-0.4, -0.2) is 27.4 Å². The summed E-state index contributed by atoms with van der Waals surface area (Å²) in [7, 11) is 0. The van der Waals surface area contributed by atoms with E-state index in [9.17, 15) is 9.59 Å². The number of aliphatic carboxylic acids is 1. The zero-order chi connectivity index (χ0) is 11.8. The molecule has 2 unspecified atom stereocenters. The van der Waals surface area contributed by atoms with E-state index in [2.05, 4.69) is 6.92 Å². The van der Waals surface area contributed by atoms with Crippen LogP contribution in [0.15, 0.2) is 0 Å². The van der Waals surface area contributed by atoms with Gasteiger partial charge in [0.15, 0.2) is 0 Å². The minimum Gasteiger partial charge on any atom is -0.480 e. The summed E-state index contributed by atoms with van der Waals surface area (Å²) in [6.07, 6.45) is 3.08. The number of Topliss-reactive ketones (excluding diaryl/α,β-unsaturated/α-hetero) is 1. The number of carboxylic acids is 1. The van der Waals surface area contributed by atoms with E-state index in [0.717, 1.165) is 12.8 Å². The Balaban J connectivity index is 3.77. The lowest BCUT2D eigenvalue weighted by atomic mass is 10.1. The van der Waals surface area contributed by atoms with Crippen LogP contribution in [0.5, 0.6) is 0 Å². The monoisotopic (exact) mass is 232 g/mol. The lowest BCUT2D eigenvalue weighted by Crippen LogP contribution is -2.17. The first-order valence-corrected chi connectivity index (χ1v) is 6.31. The molecule has 0 bridgehead atoms. The van der Waals surface area contributed by atoms with Crippen LogP contribution in [0.4, 0.5) is 0 Å². The highest BCUT2D eigenvalue weighted by atomic mass is 32.2. The minimum absolute atomic E-state index is 0.0976. The molecular weight excluding hydrogens is 212 g/mol. The van der Waals surface area contributed by atoms with Gasteiger partial charge >= 0.3 is 5.97 Å². The lowest BCUT2D eigenvalue weighted by molar-refractivity contribution is -0.136. The van der Waals surface area contributed by atoms with Gasteiger partial charge in [-0.25, -0.2) is 0 Å². The van der Waals surface area contributed by atoms with Crippen molar-refractivity contribution in [2.24, 2.45) is 0 Å². The Hall–Kier alpha value is -0.510. The molecule has 0 aliphatic rings. The van der Waals surface area contributed by atoms with E-state index in [4.69, 9.17) is 5.11 Å². The van der Waals surface area contributed by atoms with Gasteiger partial charge in [-0.3, -0.25) is 9.59 Å². The third-order valence-electron chi connectivity index (χ3n) is 2.11. The minimum atomic E-state index is -0.812. The topological polar surface area (TPSA) is 54.4 Å². The Morgan fingerprint density at radius 3 is 2.40 bits per heavy atom. The van der Waals surface area contributed by atoms with Gasteiger partial charge in [-0.2, -0.15) is 0 Å². The van der Waals surface area contributed by atoms with Crippen molar-refractivity contribution in [2.45, 2.75) is 57.0 Å². The van der Waals surface area contributed by atoms with Crippen molar-refractivity contribution in [3.05, 3.63) is 0 Å². The highest BCUT2D eigenvalue weighted by Gasteiger charge is 2.17. The summed E-state index contributed by atoms with van der Waals surface area (Å²) in [5.74, 6) is -0.567. The van der Waals surface area contributed by atoms with Crippen LogP contribution in [0.3, 0.4) is 0 Å². The SMILES string of the molecule is CCCCC(=O)CC(C)SC(C)C(=O)O. The molecule has 0 fully saturated rings. The van der Waals surface area contributed by atoms with Crippen LogP contribution < -0.4 is 0 Å². The van der Waals surface area contributed by atoms with Crippen LogP contribution in [0.25, 0.3) is 0 Å². The van der Waals surface area contributed by atoms with Crippen LogP contribution in [-0.2, 0) is 9.59 Å². The Bertz CT molecular complexity index is 216. The van der Waals surface area contributed by atoms with Gasteiger partial charge in [0.1, 0.15) is 5.78 Å². The second-order valence-electron chi connectivity index (χ2n) is 3.77. The second-order valence-corrected chi connectivity index (χ2v) is 5.56. The van der Waals surface area contributed by atoms with Gasteiger partial charge in [0.2, 0.25) is 0 Å². The van der Waals surface area contributed by atoms with Crippen molar-refractivity contribution in [2.75, 3.05) is 0 Å². The summed E-state index contributed by atoms with van der Waals surface area (Å²) in [6.45, 7) is 5.62. The molecule has 0 spiro atoms. The molecule has 1 N–H and O–H groups in total. The molecule has 3 nitrogen and oxygen atoms in total. The van der Waals surface area contributed by atoms with Crippen LogP contribution in [0, 0.1) is 0 Å². The van der Waals surface area contributed by atoms with Gasteiger partial charge in [0.25, 0.3) is 0 Å². The van der Waals surface area contributed by atoms with Gasteiger partial charge in [-0.1, -0.05) is 20.3 Å². The molecule has 0 aromatic heterocycles. The summed E-state index contributed by atoms with van der Waals surface area (Å²) in [5.41, 5.74) is 0. The molecule has 0 aliphatic heterocycles. The fraction of sp³-hybridized carbons (Fsp3) is 0.818. The molecule has 2 atom stereocenters. The van der Waals surface area contributed by atoms with Crippen LogP contribution in [0.1, 0.15) is 46.5 Å². The largest absolute Gasteiger partial charge is 0.480 e. The van der Waals surface area contributed by atoms with E-state index in [1.807, 2.05) is 6.92 Å². The third-order valence-corrected chi connectivity index (χ3v) is 3.35. The van der Waals surface area contributed by atoms with Crippen molar-refractivity contribution in [3.63, 3.8) is 0 Å². The third kappa shape index (κ3) is 7.42. The second kappa shape index (κ2) is 7.74. The normalized spacial score (nSPS) is 14.6. The molecule has 0 radical (unpaired) electrons. The summed E-state index contributed by atoms with van der Waals surface area (Å²) in [6, 6.07) is 0.